The van der Waals surface area contributed by atoms with Gasteiger partial charge in [0, 0.05) is 42.9 Å². The number of rotatable bonds is 4. The Kier molecular flexibility index (Phi) is 6.46. The summed E-state index contributed by atoms with van der Waals surface area (Å²) in [5.74, 6) is -2.51. The normalized spacial score (nSPS) is 13.5. The lowest BCUT2D eigenvalue weighted by Crippen LogP contribution is -2.22. The van der Waals surface area contributed by atoms with Crippen molar-refractivity contribution >= 4 is 11.9 Å². The van der Waals surface area contributed by atoms with Gasteiger partial charge in [0.25, 0.3) is 0 Å². The van der Waals surface area contributed by atoms with Crippen LogP contribution in [0.3, 0.4) is 0 Å². The van der Waals surface area contributed by atoms with E-state index in [2.05, 4.69) is 62.7 Å². The fourth-order valence-electron chi connectivity index (χ4n) is 3.22. The molecule has 6 heteroatoms. The van der Waals surface area contributed by atoms with Crippen LogP contribution in [0.1, 0.15) is 44.4 Å². The summed E-state index contributed by atoms with van der Waals surface area (Å²) in [7, 11) is 0. The molecule has 28 heavy (non-hydrogen) atoms. The first-order valence-corrected chi connectivity index (χ1v) is 9.20. The molecule has 0 bridgehead atoms. The lowest BCUT2D eigenvalue weighted by Gasteiger charge is -2.20. The van der Waals surface area contributed by atoms with Crippen LogP contribution in [0.2, 0.25) is 0 Å². The minimum atomic E-state index is -1.26. The van der Waals surface area contributed by atoms with Crippen LogP contribution in [0, 0.1) is 0 Å². The van der Waals surface area contributed by atoms with Gasteiger partial charge in [-0.25, -0.2) is 9.59 Å². The standard InChI is InChI=1S/C18H24N2.C4H4O4/c1-12(19)11-20-8-7-14-9-13-5-6-15(18(2,3)4)10-16(13)17(14)20;5-3(6)1-2-4(7)8/h5-8,10,12H,9,11,19H2,1-4H3;1-2H,(H,5,6)(H,7,8)/t12-;/m0./s1. The lowest BCUT2D eigenvalue weighted by atomic mass is 9.85. The number of benzene rings is 1. The van der Waals surface area contributed by atoms with Gasteiger partial charge in [0.15, 0.2) is 0 Å². The summed E-state index contributed by atoms with van der Waals surface area (Å²) in [5.41, 5.74) is 13.2. The van der Waals surface area contributed by atoms with Crippen LogP contribution in [0.15, 0.2) is 42.6 Å². The molecule has 1 aliphatic rings. The number of carboxylic acids is 2. The molecule has 4 N–H and O–H groups in total. The van der Waals surface area contributed by atoms with E-state index in [1.807, 2.05) is 0 Å². The van der Waals surface area contributed by atoms with Crippen molar-refractivity contribution in [3.8, 4) is 11.3 Å². The van der Waals surface area contributed by atoms with E-state index in [0.29, 0.717) is 12.2 Å². The zero-order valence-electron chi connectivity index (χ0n) is 16.8. The van der Waals surface area contributed by atoms with Crippen LogP contribution in [0.4, 0.5) is 0 Å². The molecule has 2 aromatic rings. The Bertz CT molecular complexity index is 886. The van der Waals surface area contributed by atoms with Gasteiger partial charge in [-0.3, -0.25) is 0 Å². The molecule has 0 unspecified atom stereocenters. The van der Waals surface area contributed by atoms with Gasteiger partial charge >= 0.3 is 11.9 Å². The predicted octanol–water partition coefficient (Wildman–Crippen LogP) is 3.42. The average Bonchev–Trinajstić information content (AvgIpc) is 3.11. The van der Waals surface area contributed by atoms with Crippen molar-refractivity contribution in [1.29, 1.82) is 0 Å². The van der Waals surface area contributed by atoms with Gasteiger partial charge in [-0.05, 0) is 41.2 Å². The number of fused-ring (bicyclic) bond motifs is 3. The monoisotopic (exact) mass is 384 g/mol. The van der Waals surface area contributed by atoms with E-state index in [1.165, 1.54) is 27.9 Å². The molecule has 150 valence electrons. The Morgan fingerprint density at radius 3 is 2.25 bits per heavy atom. The molecule has 0 saturated carbocycles. The molecule has 0 saturated heterocycles. The number of nitrogens with zero attached hydrogens (tertiary/aromatic N) is 1. The Balaban J connectivity index is 0.000000300. The van der Waals surface area contributed by atoms with E-state index in [9.17, 15) is 9.59 Å². The van der Waals surface area contributed by atoms with Crippen molar-refractivity contribution in [2.45, 2.75) is 52.1 Å². The molecule has 1 aromatic carbocycles. The number of carboxylic acid groups (broad SMARTS) is 2. The van der Waals surface area contributed by atoms with Gasteiger partial charge in [-0.15, -0.1) is 0 Å². The Hall–Kier alpha value is -2.86. The predicted molar refractivity (Wildman–Crippen MR) is 109 cm³/mol. The Labute approximate surface area is 165 Å². The SMILES string of the molecule is C[C@H](N)Cn1ccc2c1-c1cc(C(C)(C)C)ccc1C2.O=C(O)C=CC(=O)O. The summed E-state index contributed by atoms with van der Waals surface area (Å²) in [5, 5.41) is 15.6. The molecule has 0 amide bonds. The Morgan fingerprint density at radius 1 is 1.14 bits per heavy atom. The maximum absolute atomic E-state index is 9.55. The molecule has 0 aliphatic heterocycles. The highest BCUT2D eigenvalue weighted by Gasteiger charge is 2.24. The van der Waals surface area contributed by atoms with Crippen molar-refractivity contribution in [3.05, 3.63) is 59.3 Å². The van der Waals surface area contributed by atoms with Crippen molar-refractivity contribution in [2.75, 3.05) is 0 Å². The van der Waals surface area contributed by atoms with E-state index < -0.39 is 11.9 Å². The summed E-state index contributed by atoms with van der Waals surface area (Å²) in [6.07, 6.45) is 4.35. The van der Waals surface area contributed by atoms with Crippen molar-refractivity contribution < 1.29 is 19.8 Å². The van der Waals surface area contributed by atoms with E-state index in [0.717, 1.165) is 13.0 Å². The molecule has 3 rings (SSSR count). The summed E-state index contributed by atoms with van der Waals surface area (Å²) in [6, 6.07) is 9.38. The summed E-state index contributed by atoms with van der Waals surface area (Å²) >= 11 is 0. The van der Waals surface area contributed by atoms with Gasteiger partial charge in [-0.2, -0.15) is 0 Å². The quantitative estimate of drug-likeness (QED) is 0.598. The van der Waals surface area contributed by atoms with Crippen LogP contribution in [-0.2, 0) is 28.0 Å². The van der Waals surface area contributed by atoms with E-state index in [1.54, 1.807) is 0 Å². The molecular weight excluding hydrogens is 356 g/mol. The Morgan fingerprint density at radius 2 is 1.75 bits per heavy atom. The highest BCUT2D eigenvalue weighted by molar-refractivity contribution is 5.89. The molecule has 0 radical (unpaired) electrons. The van der Waals surface area contributed by atoms with E-state index in [4.69, 9.17) is 15.9 Å². The van der Waals surface area contributed by atoms with Crippen LogP contribution in [-0.4, -0.2) is 32.8 Å². The molecule has 1 atom stereocenters. The third-order valence-electron chi connectivity index (χ3n) is 4.51. The number of aliphatic carboxylic acids is 2. The van der Waals surface area contributed by atoms with Crippen molar-refractivity contribution in [3.63, 3.8) is 0 Å². The van der Waals surface area contributed by atoms with Crippen molar-refractivity contribution in [1.82, 2.24) is 4.57 Å². The van der Waals surface area contributed by atoms with Gasteiger partial charge < -0.3 is 20.5 Å². The molecule has 1 aliphatic carbocycles. The van der Waals surface area contributed by atoms with E-state index >= 15 is 0 Å². The van der Waals surface area contributed by atoms with Crippen LogP contribution in [0.5, 0.6) is 0 Å². The fraction of sp³-hybridized carbons (Fsp3) is 0.364. The lowest BCUT2D eigenvalue weighted by molar-refractivity contribution is -0.134. The van der Waals surface area contributed by atoms with Crippen LogP contribution < -0.4 is 5.73 Å². The number of nitrogens with two attached hydrogens (primary N) is 1. The first-order valence-electron chi connectivity index (χ1n) is 9.20. The van der Waals surface area contributed by atoms with Gasteiger partial charge in [-0.1, -0.05) is 32.9 Å². The summed E-state index contributed by atoms with van der Waals surface area (Å²) in [6.45, 7) is 9.76. The first-order chi connectivity index (χ1) is 13.0. The first kappa shape index (κ1) is 21.4. The van der Waals surface area contributed by atoms with Crippen molar-refractivity contribution in [2.24, 2.45) is 5.73 Å². The molecule has 1 heterocycles. The minimum Gasteiger partial charge on any atom is -0.478 e. The summed E-state index contributed by atoms with van der Waals surface area (Å²) < 4.78 is 2.32. The number of aromatic nitrogens is 1. The van der Waals surface area contributed by atoms with Crippen LogP contribution in [0.25, 0.3) is 11.3 Å². The second-order valence-corrected chi connectivity index (χ2v) is 8.13. The minimum absolute atomic E-state index is 0.182. The zero-order valence-corrected chi connectivity index (χ0v) is 16.8. The maximum atomic E-state index is 9.55. The molecule has 6 nitrogen and oxygen atoms in total. The highest BCUT2D eigenvalue weighted by atomic mass is 16.4. The molecule has 0 spiro atoms. The molecular formula is C22H28N2O4. The van der Waals surface area contributed by atoms with E-state index in [-0.39, 0.29) is 11.5 Å². The molecule has 1 aromatic heterocycles. The zero-order chi connectivity index (χ0) is 21.1. The van der Waals surface area contributed by atoms with Gasteiger partial charge in [0.1, 0.15) is 0 Å². The maximum Gasteiger partial charge on any atom is 0.328 e. The summed E-state index contributed by atoms with van der Waals surface area (Å²) in [4.78, 5) is 19.1. The number of hydrogen-bond acceptors (Lipinski definition) is 3. The topological polar surface area (TPSA) is 106 Å². The van der Waals surface area contributed by atoms with Gasteiger partial charge in [0.05, 0.1) is 5.69 Å². The fourth-order valence-corrected chi connectivity index (χ4v) is 3.22. The second-order valence-electron chi connectivity index (χ2n) is 8.13. The van der Waals surface area contributed by atoms with Gasteiger partial charge in [0.2, 0.25) is 0 Å². The smallest absolute Gasteiger partial charge is 0.328 e. The second kappa shape index (κ2) is 8.44. The number of hydrogen-bond donors (Lipinski definition) is 3. The molecule has 0 fully saturated rings. The highest BCUT2D eigenvalue weighted by Crippen LogP contribution is 2.39. The van der Waals surface area contributed by atoms with Crippen LogP contribution >= 0.6 is 0 Å². The third-order valence-corrected chi connectivity index (χ3v) is 4.51. The largest absolute Gasteiger partial charge is 0.478 e. The third kappa shape index (κ3) is 5.33. The average molecular weight is 384 g/mol. The number of carbonyl (C=O) groups is 2.